The highest BCUT2D eigenvalue weighted by atomic mass is 35.5. The van der Waals surface area contributed by atoms with E-state index in [9.17, 15) is 4.79 Å². The third kappa shape index (κ3) is 6.24. The van der Waals surface area contributed by atoms with Crippen LogP contribution in [0.5, 0.6) is 17.5 Å². The zero-order valence-corrected chi connectivity index (χ0v) is 15.9. The smallest absolute Gasteiger partial charge is 0.327 e. The molecule has 0 aliphatic rings. The van der Waals surface area contributed by atoms with E-state index in [1.807, 2.05) is 19.9 Å². The Bertz CT molecular complexity index is 806. The maximum atomic E-state index is 10.6. The summed E-state index contributed by atoms with van der Waals surface area (Å²) >= 11 is 12.1. The van der Waals surface area contributed by atoms with E-state index in [2.05, 4.69) is 4.98 Å². The predicted octanol–water partition coefficient (Wildman–Crippen LogP) is 5.54. The van der Waals surface area contributed by atoms with Gasteiger partial charge in [0.05, 0.1) is 11.1 Å². The van der Waals surface area contributed by atoms with Crippen molar-refractivity contribution in [2.45, 2.75) is 32.8 Å². The lowest BCUT2D eigenvalue weighted by molar-refractivity contribution is -0.131. The average molecular weight is 396 g/mol. The topological polar surface area (TPSA) is 68.7 Å². The van der Waals surface area contributed by atoms with Crippen LogP contribution < -0.4 is 9.47 Å². The van der Waals surface area contributed by atoms with E-state index in [-0.39, 0.29) is 6.10 Å². The first-order chi connectivity index (χ1) is 12.3. The minimum atomic E-state index is -0.978. The number of aryl methyl sites for hydroxylation is 1. The summed E-state index contributed by atoms with van der Waals surface area (Å²) < 4.78 is 11.5. The number of aliphatic carboxylic acids is 1. The molecule has 0 bridgehead atoms. The minimum absolute atomic E-state index is 0.0289. The molecule has 1 N–H and O–H groups in total. The quantitative estimate of drug-likeness (QED) is 0.594. The van der Waals surface area contributed by atoms with Crippen LogP contribution in [-0.4, -0.2) is 22.2 Å². The fourth-order valence-corrected chi connectivity index (χ4v) is 2.57. The van der Waals surface area contributed by atoms with E-state index in [4.69, 9.17) is 37.8 Å². The number of rotatable bonds is 8. The van der Waals surface area contributed by atoms with Crippen molar-refractivity contribution in [1.29, 1.82) is 0 Å². The van der Waals surface area contributed by atoms with Crippen LogP contribution >= 0.6 is 23.2 Å². The van der Waals surface area contributed by atoms with Gasteiger partial charge in [-0.2, -0.15) is 4.98 Å². The first kappa shape index (κ1) is 20.1. The van der Waals surface area contributed by atoms with Crippen LogP contribution in [0.1, 0.15) is 25.8 Å². The number of pyridine rings is 1. The third-order valence-electron chi connectivity index (χ3n) is 3.21. The van der Waals surface area contributed by atoms with Gasteiger partial charge < -0.3 is 14.6 Å². The molecule has 2 rings (SSSR count). The normalized spacial score (nSPS) is 11.1. The molecule has 1 aromatic carbocycles. The number of carboxylic acid groups (broad SMARTS) is 1. The molecule has 0 atom stereocenters. The van der Waals surface area contributed by atoms with Gasteiger partial charge >= 0.3 is 5.97 Å². The Hall–Kier alpha value is -2.24. The largest absolute Gasteiger partial charge is 0.478 e. The highest BCUT2D eigenvalue weighted by molar-refractivity contribution is 6.35. The van der Waals surface area contributed by atoms with Gasteiger partial charge in [-0.3, -0.25) is 0 Å². The van der Waals surface area contributed by atoms with Crippen molar-refractivity contribution in [3.8, 4) is 17.5 Å². The Morgan fingerprint density at radius 2 is 2.04 bits per heavy atom. The van der Waals surface area contributed by atoms with Crippen molar-refractivity contribution >= 4 is 29.2 Å². The van der Waals surface area contributed by atoms with Gasteiger partial charge in [0.15, 0.2) is 0 Å². The summed E-state index contributed by atoms with van der Waals surface area (Å²) in [6, 6.07) is 8.52. The monoisotopic (exact) mass is 395 g/mol. The molecule has 7 heteroatoms. The second kappa shape index (κ2) is 9.46. The summed E-state index contributed by atoms with van der Waals surface area (Å²) in [4.78, 5) is 15.0. The summed E-state index contributed by atoms with van der Waals surface area (Å²) in [7, 11) is 0. The molecule has 0 spiro atoms. The molecule has 5 nitrogen and oxygen atoms in total. The van der Waals surface area contributed by atoms with Crippen LogP contribution in [0.3, 0.4) is 0 Å². The Balaban J connectivity index is 2.27. The molecule has 0 saturated heterocycles. The fourth-order valence-electron chi connectivity index (χ4n) is 2.12. The first-order valence-corrected chi connectivity index (χ1v) is 8.79. The summed E-state index contributed by atoms with van der Waals surface area (Å²) in [5.41, 5.74) is 0.808. The van der Waals surface area contributed by atoms with E-state index in [0.717, 1.165) is 11.6 Å². The summed E-state index contributed by atoms with van der Waals surface area (Å²) in [6.45, 7) is 3.81. The number of hydrogen-bond donors (Lipinski definition) is 1. The van der Waals surface area contributed by atoms with Gasteiger partial charge in [0.2, 0.25) is 11.8 Å². The van der Waals surface area contributed by atoms with Crippen LogP contribution in [0.25, 0.3) is 0 Å². The maximum absolute atomic E-state index is 10.6. The van der Waals surface area contributed by atoms with Gasteiger partial charge in [0.25, 0.3) is 0 Å². The summed E-state index contributed by atoms with van der Waals surface area (Å²) in [6.07, 6.45) is 3.75. The van der Waals surface area contributed by atoms with Crippen molar-refractivity contribution in [1.82, 2.24) is 4.98 Å². The van der Waals surface area contributed by atoms with Gasteiger partial charge in [-0.25, -0.2) is 4.79 Å². The lowest BCUT2D eigenvalue weighted by Crippen LogP contribution is -2.08. The van der Waals surface area contributed by atoms with Crippen LogP contribution in [0.2, 0.25) is 10.0 Å². The Labute approximate surface area is 162 Å². The Kier molecular flexibility index (Phi) is 7.30. The molecule has 0 amide bonds. The molecule has 0 aliphatic heterocycles. The molecule has 1 heterocycles. The number of carboxylic acids is 1. The number of halogens is 2. The number of aromatic nitrogens is 1. The molecule has 0 saturated carbocycles. The standard InChI is InChI=1S/C19H19Cl2NO4/c1-12(2)25-17-10-7-13(5-3-4-6-18(23)24)19(22-17)26-16-9-8-14(20)11-15(16)21/h4,6-12H,3,5H2,1-2H3,(H,23,24). The van der Waals surface area contributed by atoms with Crippen LogP contribution in [-0.2, 0) is 11.2 Å². The van der Waals surface area contributed by atoms with Gasteiger partial charge in [0.1, 0.15) is 5.75 Å². The molecule has 138 valence electrons. The zero-order chi connectivity index (χ0) is 19.1. The molecule has 1 aromatic heterocycles. The highest BCUT2D eigenvalue weighted by Crippen LogP contribution is 2.33. The van der Waals surface area contributed by atoms with Crippen LogP contribution in [0.4, 0.5) is 0 Å². The third-order valence-corrected chi connectivity index (χ3v) is 3.74. The molecule has 0 unspecified atom stereocenters. The Morgan fingerprint density at radius 3 is 2.69 bits per heavy atom. The van der Waals surface area contributed by atoms with Crippen molar-refractivity contribution in [2.24, 2.45) is 0 Å². The number of nitrogens with zero attached hydrogens (tertiary/aromatic N) is 1. The molecule has 0 radical (unpaired) electrons. The zero-order valence-electron chi connectivity index (χ0n) is 14.4. The number of ether oxygens (including phenoxy) is 2. The average Bonchev–Trinajstić information content (AvgIpc) is 2.55. The number of benzene rings is 1. The van der Waals surface area contributed by atoms with Crippen LogP contribution in [0.15, 0.2) is 42.5 Å². The van der Waals surface area contributed by atoms with Crippen molar-refractivity contribution in [2.75, 3.05) is 0 Å². The predicted molar refractivity (Wildman–Crippen MR) is 102 cm³/mol. The van der Waals surface area contributed by atoms with Crippen LogP contribution in [0, 0.1) is 0 Å². The first-order valence-electron chi connectivity index (χ1n) is 8.04. The molecule has 26 heavy (non-hydrogen) atoms. The number of hydrogen-bond acceptors (Lipinski definition) is 4. The molecule has 0 aliphatic carbocycles. The molecular weight excluding hydrogens is 377 g/mol. The van der Waals surface area contributed by atoms with E-state index in [1.165, 1.54) is 0 Å². The van der Waals surface area contributed by atoms with Crippen molar-refractivity contribution in [3.63, 3.8) is 0 Å². The lowest BCUT2D eigenvalue weighted by atomic mass is 10.1. The van der Waals surface area contributed by atoms with Gasteiger partial charge in [0, 0.05) is 22.7 Å². The molecule has 0 fully saturated rings. The van der Waals surface area contributed by atoms with Crippen molar-refractivity contribution in [3.05, 3.63) is 58.1 Å². The summed E-state index contributed by atoms with van der Waals surface area (Å²) in [5, 5.41) is 9.54. The second-order valence-corrected chi connectivity index (χ2v) is 6.58. The highest BCUT2D eigenvalue weighted by Gasteiger charge is 2.12. The maximum Gasteiger partial charge on any atom is 0.327 e. The van der Waals surface area contributed by atoms with E-state index >= 15 is 0 Å². The molecule has 2 aromatic rings. The lowest BCUT2D eigenvalue weighted by Gasteiger charge is -2.14. The van der Waals surface area contributed by atoms with Gasteiger partial charge in [-0.15, -0.1) is 0 Å². The minimum Gasteiger partial charge on any atom is -0.478 e. The van der Waals surface area contributed by atoms with E-state index < -0.39 is 5.97 Å². The van der Waals surface area contributed by atoms with Gasteiger partial charge in [-0.05, 0) is 51.0 Å². The Morgan fingerprint density at radius 1 is 1.27 bits per heavy atom. The van der Waals surface area contributed by atoms with E-state index in [1.54, 1.807) is 30.3 Å². The van der Waals surface area contributed by atoms with Crippen molar-refractivity contribution < 1.29 is 19.4 Å². The number of allylic oxidation sites excluding steroid dienone is 1. The molecular formula is C19H19Cl2NO4. The number of carbonyl (C=O) groups is 1. The van der Waals surface area contributed by atoms with E-state index in [0.29, 0.717) is 40.4 Å². The van der Waals surface area contributed by atoms with Gasteiger partial charge in [-0.1, -0.05) is 29.3 Å². The fraction of sp³-hybridized carbons (Fsp3) is 0.263. The SMILES string of the molecule is CC(C)Oc1ccc(CCC=CC(=O)O)c(Oc2ccc(Cl)cc2Cl)n1. The second-order valence-electron chi connectivity index (χ2n) is 5.74. The summed E-state index contributed by atoms with van der Waals surface area (Å²) in [5.74, 6) is 0.238.